The summed E-state index contributed by atoms with van der Waals surface area (Å²) in [6.07, 6.45) is 0. The number of hydrogen-bond acceptors (Lipinski definition) is 5. The maximum absolute atomic E-state index is 13.2. The van der Waals surface area contributed by atoms with Crippen LogP contribution in [0, 0.1) is 0 Å². The predicted molar refractivity (Wildman–Crippen MR) is 127 cm³/mol. The Bertz CT molecular complexity index is 1300. The van der Waals surface area contributed by atoms with Gasteiger partial charge in [0.1, 0.15) is 17.3 Å². The van der Waals surface area contributed by atoms with Crippen LogP contribution in [0.3, 0.4) is 0 Å². The Balaban J connectivity index is 2.01. The first kappa shape index (κ1) is 23.0. The number of phenols is 1. The summed E-state index contributed by atoms with van der Waals surface area (Å²) in [5.74, 6) is -2.28. The monoisotopic (exact) mass is 503 g/mol. The van der Waals surface area contributed by atoms with Crippen molar-refractivity contribution in [3.63, 3.8) is 0 Å². The van der Waals surface area contributed by atoms with Crippen LogP contribution in [0.2, 0.25) is 15.1 Å². The van der Waals surface area contributed by atoms with Gasteiger partial charge in [0.05, 0.1) is 29.3 Å². The number of phenolic OH excluding ortho intramolecular Hbond substituents is 1. The van der Waals surface area contributed by atoms with Crippen molar-refractivity contribution >= 4 is 57.9 Å². The molecular weight excluding hydrogens is 489 g/mol. The quantitative estimate of drug-likeness (QED) is 0.259. The third-order valence-electron chi connectivity index (χ3n) is 5.20. The first-order valence-electron chi connectivity index (χ1n) is 9.61. The van der Waals surface area contributed by atoms with Crippen LogP contribution in [-0.4, -0.2) is 29.0 Å². The largest absolute Gasteiger partial charge is 0.508 e. The number of aromatic hydroxyl groups is 1. The van der Waals surface area contributed by atoms with E-state index < -0.39 is 23.5 Å². The fourth-order valence-corrected chi connectivity index (χ4v) is 4.50. The Kier molecular flexibility index (Phi) is 6.26. The molecule has 1 saturated heterocycles. The smallest absolute Gasteiger partial charge is 0.300 e. The molecule has 168 valence electrons. The van der Waals surface area contributed by atoms with Gasteiger partial charge in [-0.05, 0) is 54.1 Å². The SMILES string of the molecule is COc1c(Cl)cc(Cl)cc1/C(O)=C1\C(=O)C(=O)N(c2ccc(Cl)cc2)C1c1cccc(O)c1. The van der Waals surface area contributed by atoms with Crippen LogP contribution < -0.4 is 9.64 Å². The molecule has 2 N–H and O–H groups in total. The minimum atomic E-state index is -1.05. The number of methoxy groups -OCH3 is 1. The molecule has 0 bridgehead atoms. The highest BCUT2D eigenvalue weighted by atomic mass is 35.5. The van der Waals surface area contributed by atoms with Crippen LogP contribution in [0.4, 0.5) is 5.69 Å². The molecule has 9 heteroatoms. The number of aliphatic hydroxyl groups excluding tert-OH is 1. The first-order chi connectivity index (χ1) is 15.7. The number of ketones is 1. The minimum absolute atomic E-state index is 0.0502. The van der Waals surface area contributed by atoms with E-state index in [0.29, 0.717) is 16.3 Å². The number of halogens is 3. The molecule has 1 heterocycles. The van der Waals surface area contributed by atoms with Crippen LogP contribution in [-0.2, 0) is 9.59 Å². The van der Waals surface area contributed by atoms with Crippen molar-refractivity contribution in [3.05, 3.63) is 92.4 Å². The second-order valence-corrected chi connectivity index (χ2v) is 8.49. The van der Waals surface area contributed by atoms with Crippen molar-refractivity contribution in [3.8, 4) is 11.5 Å². The van der Waals surface area contributed by atoms with E-state index in [1.54, 1.807) is 36.4 Å². The zero-order valence-electron chi connectivity index (χ0n) is 17.1. The standard InChI is InChI=1S/C24H16Cl3NO5/c1-33-23-17(10-14(26)11-18(23)27)21(30)19-20(12-3-2-4-16(29)9-12)28(24(32)22(19)31)15-7-5-13(25)6-8-15/h2-11,20,29-30H,1H3/b21-19+. The number of carbonyl (C=O) groups excluding carboxylic acids is 2. The summed E-state index contributed by atoms with van der Waals surface area (Å²) in [6.45, 7) is 0. The average molecular weight is 505 g/mol. The fraction of sp³-hybridized carbons (Fsp3) is 0.0833. The number of amides is 1. The van der Waals surface area contributed by atoms with Gasteiger partial charge in [-0.3, -0.25) is 14.5 Å². The number of rotatable bonds is 4. The maximum Gasteiger partial charge on any atom is 0.300 e. The summed E-state index contributed by atoms with van der Waals surface area (Å²) in [5.41, 5.74) is 0.620. The molecular formula is C24H16Cl3NO5. The van der Waals surface area contributed by atoms with E-state index >= 15 is 0 Å². The van der Waals surface area contributed by atoms with Crippen molar-refractivity contribution < 1.29 is 24.5 Å². The zero-order valence-corrected chi connectivity index (χ0v) is 19.3. The zero-order chi connectivity index (χ0) is 23.9. The number of nitrogens with zero attached hydrogens (tertiary/aromatic N) is 1. The second-order valence-electron chi connectivity index (χ2n) is 7.21. The van der Waals surface area contributed by atoms with E-state index in [2.05, 4.69) is 0 Å². The lowest BCUT2D eigenvalue weighted by molar-refractivity contribution is -0.132. The predicted octanol–water partition coefficient (Wildman–Crippen LogP) is 5.99. The number of ether oxygens (including phenoxy) is 1. The molecule has 0 spiro atoms. The van der Waals surface area contributed by atoms with Gasteiger partial charge in [-0.25, -0.2) is 0 Å². The van der Waals surface area contributed by atoms with Crippen LogP contribution in [0.25, 0.3) is 5.76 Å². The van der Waals surface area contributed by atoms with Gasteiger partial charge in [0.2, 0.25) is 0 Å². The number of anilines is 1. The molecule has 3 aromatic rings. The molecule has 6 nitrogen and oxygen atoms in total. The topological polar surface area (TPSA) is 87.1 Å². The number of aliphatic hydroxyl groups is 1. The van der Waals surface area contributed by atoms with E-state index in [-0.39, 0.29) is 32.7 Å². The first-order valence-corrected chi connectivity index (χ1v) is 10.7. The van der Waals surface area contributed by atoms with Crippen molar-refractivity contribution in [2.75, 3.05) is 12.0 Å². The summed E-state index contributed by atoms with van der Waals surface area (Å²) >= 11 is 18.3. The molecule has 4 rings (SSSR count). The van der Waals surface area contributed by atoms with Gasteiger partial charge in [-0.1, -0.05) is 46.9 Å². The molecule has 1 aliphatic heterocycles. The highest BCUT2D eigenvalue weighted by Crippen LogP contribution is 2.45. The van der Waals surface area contributed by atoms with Crippen molar-refractivity contribution in [1.29, 1.82) is 0 Å². The van der Waals surface area contributed by atoms with Gasteiger partial charge in [0.25, 0.3) is 11.7 Å². The third-order valence-corrected chi connectivity index (χ3v) is 5.95. The van der Waals surface area contributed by atoms with Gasteiger partial charge in [-0.2, -0.15) is 0 Å². The van der Waals surface area contributed by atoms with Crippen LogP contribution in [0.1, 0.15) is 17.2 Å². The molecule has 1 fully saturated rings. The lowest BCUT2D eigenvalue weighted by Crippen LogP contribution is -2.29. The van der Waals surface area contributed by atoms with Gasteiger partial charge < -0.3 is 14.9 Å². The summed E-state index contributed by atoms with van der Waals surface area (Å²) in [5, 5.41) is 22.1. The Labute approximate surface area is 204 Å². The Morgan fingerprint density at radius 1 is 0.970 bits per heavy atom. The summed E-state index contributed by atoms with van der Waals surface area (Å²) in [6, 6.07) is 14.2. The maximum atomic E-state index is 13.2. The molecule has 1 aliphatic rings. The second kappa shape index (κ2) is 8.98. The highest BCUT2D eigenvalue weighted by Gasteiger charge is 2.47. The molecule has 1 atom stereocenters. The van der Waals surface area contributed by atoms with Crippen LogP contribution in [0.5, 0.6) is 11.5 Å². The van der Waals surface area contributed by atoms with Gasteiger partial charge in [0.15, 0.2) is 0 Å². The lowest BCUT2D eigenvalue weighted by atomic mass is 9.94. The van der Waals surface area contributed by atoms with E-state index in [1.165, 1.54) is 36.3 Å². The molecule has 3 aromatic carbocycles. The molecule has 1 amide bonds. The van der Waals surface area contributed by atoms with E-state index in [9.17, 15) is 19.8 Å². The van der Waals surface area contributed by atoms with Crippen molar-refractivity contribution in [2.45, 2.75) is 6.04 Å². The summed E-state index contributed by atoms with van der Waals surface area (Å²) in [4.78, 5) is 27.6. The van der Waals surface area contributed by atoms with Crippen molar-refractivity contribution in [2.24, 2.45) is 0 Å². The third kappa shape index (κ3) is 4.13. The molecule has 0 radical (unpaired) electrons. The van der Waals surface area contributed by atoms with Crippen LogP contribution in [0.15, 0.2) is 66.2 Å². The number of benzene rings is 3. The van der Waals surface area contributed by atoms with Gasteiger partial charge in [0, 0.05) is 15.7 Å². The molecule has 1 unspecified atom stereocenters. The lowest BCUT2D eigenvalue weighted by Gasteiger charge is -2.25. The van der Waals surface area contributed by atoms with E-state index in [4.69, 9.17) is 39.5 Å². The molecule has 0 aromatic heterocycles. The van der Waals surface area contributed by atoms with E-state index in [1.807, 2.05) is 0 Å². The minimum Gasteiger partial charge on any atom is -0.508 e. The number of Topliss-reactive ketones (excluding diaryl/α,β-unsaturated/α-hetero) is 1. The normalized spacial score (nSPS) is 17.5. The van der Waals surface area contributed by atoms with Gasteiger partial charge >= 0.3 is 0 Å². The Morgan fingerprint density at radius 3 is 2.30 bits per heavy atom. The number of hydrogen-bond donors (Lipinski definition) is 2. The summed E-state index contributed by atoms with van der Waals surface area (Å²) in [7, 11) is 1.35. The van der Waals surface area contributed by atoms with Gasteiger partial charge in [-0.15, -0.1) is 0 Å². The molecule has 0 saturated carbocycles. The van der Waals surface area contributed by atoms with E-state index in [0.717, 1.165) is 0 Å². The number of carbonyl (C=O) groups is 2. The summed E-state index contributed by atoms with van der Waals surface area (Å²) < 4.78 is 5.31. The highest BCUT2D eigenvalue weighted by molar-refractivity contribution is 6.52. The average Bonchev–Trinajstić information content (AvgIpc) is 3.04. The van der Waals surface area contributed by atoms with Crippen LogP contribution >= 0.6 is 34.8 Å². The fourth-order valence-electron chi connectivity index (χ4n) is 3.80. The van der Waals surface area contributed by atoms with Crippen molar-refractivity contribution in [1.82, 2.24) is 0 Å². The molecule has 0 aliphatic carbocycles. The molecule has 33 heavy (non-hydrogen) atoms. The Morgan fingerprint density at radius 2 is 1.67 bits per heavy atom. The Hall–Kier alpha value is -3.19.